The third-order valence-corrected chi connectivity index (χ3v) is 4.15. The molecule has 0 saturated carbocycles. The maximum absolute atomic E-state index is 12.5. The van der Waals surface area contributed by atoms with Gasteiger partial charge in [0.15, 0.2) is 0 Å². The van der Waals surface area contributed by atoms with Crippen LogP contribution >= 0.6 is 0 Å². The Balaban J connectivity index is 1.72. The van der Waals surface area contributed by atoms with E-state index in [2.05, 4.69) is 16.0 Å². The van der Waals surface area contributed by atoms with Crippen LogP contribution in [0.15, 0.2) is 54.6 Å². The number of non-ortho nitro benzene ring substituents is 1. The Morgan fingerprint density at radius 3 is 2.18 bits per heavy atom. The molecule has 1 aromatic heterocycles. The first-order chi connectivity index (χ1) is 13.4. The van der Waals surface area contributed by atoms with Crippen molar-refractivity contribution in [2.75, 3.05) is 0 Å². The lowest BCUT2D eigenvalue weighted by Gasteiger charge is -2.08. The number of hydrogen-bond acceptors (Lipinski definition) is 5. The summed E-state index contributed by atoms with van der Waals surface area (Å²) < 4.78 is 1.66. The number of rotatable bonds is 4. The SMILES string of the molecule is Cc1nn(-c2ccccc2)c(C)c1C(=O)NNC(=O)c1ccc([N+](=O)[O-])cc1. The molecule has 2 aromatic carbocycles. The molecule has 2 amide bonds. The van der Waals surface area contributed by atoms with E-state index in [1.165, 1.54) is 24.3 Å². The molecule has 0 aliphatic rings. The van der Waals surface area contributed by atoms with Gasteiger partial charge in [0.05, 0.1) is 27.6 Å². The summed E-state index contributed by atoms with van der Waals surface area (Å²) in [5.74, 6) is -1.10. The summed E-state index contributed by atoms with van der Waals surface area (Å²) in [6.45, 7) is 3.47. The van der Waals surface area contributed by atoms with Gasteiger partial charge in [-0.15, -0.1) is 0 Å². The zero-order valence-corrected chi connectivity index (χ0v) is 15.2. The number of carbonyl (C=O) groups excluding carboxylic acids is 2. The summed E-state index contributed by atoms with van der Waals surface area (Å²) in [5, 5.41) is 15.1. The number of nitro benzene ring substituents is 1. The number of aryl methyl sites for hydroxylation is 1. The Kier molecular flexibility index (Phi) is 5.16. The molecule has 0 bridgehead atoms. The highest BCUT2D eigenvalue weighted by Gasteiger charge is 2.20. The van der Waals surface area contributed by atoms with Gasteiger partial charge in [-0.2, -0.15) is 5.10 Å². The van der Waals surface area contributed by atoms with Gasteiger partial charge in [0.2, 0.25) is 0 Å². The lowest BCUT2D eigenvalue weighted by molar-refractivity contribution is -0.384. The Bertz CT molecular complexity index is 1040. The van der Waals surface area contributed by atoms with Gasteiger partial charge in [-0.3, -0.25) is 30.6 Å². The first kappa shape index (κ1) is 18.8. The van der Waals surface area contributed by atoms with E-state index in [1.807, 2.05) is 30.3 Å². The largest absolute Gasteiger partial charge is 0.273 e. The summed E-state index contributed by atoms with van der Waals surface area (Å²) in [7, 11) is 0. The molecule has 0 saturated heterocycles. The zero-order chi connectivity index (χ0) is 20.3. The zero-order valence-electron chi connectivity index (χ0n) is 15.2. The maximum Gasteiger partial charge on any atom is 0.273 e. The van der Waals surface area contributed by atoms with Crippen LogP contribution in [0, 0.1) is 24.0 Å². The first-order valence-electron chi connectivity index (χ1n) is 8.35. The quantitative estimate of drug-likeness (QED) is 0.533. The molecule has 0 atom stereocenters. The van der Waals surface area contributed by atoms with Crippen LogP contribution in [0.2, 0.25) is 0 Å². The number of hydrazine groups is 1. The van der Waals surface area contributed by atoms with E-state index in [-0.39, 0.29) is 11.3 Å². The molecule has 2 N–H and O–H groups in total. The van der Waals surface area contributed by atoms with E-state index in [1.54, 1.807) is 18.5 Å². The minimum Gasteiger partial charge on any atom is -0.267 e. The molecular weight excluding hydrogens is 362 g/mol. The van der Waals surface area contributed by atoms with Crippen LogP contribution in [-0.4, -0.2) is 26.5 Å². The highest BCUT2D eigenvalue weighted by Crippen LogP contribution is 2.17. The van der Waals surface area contributed by atoms with Crippen LogP contribution in [0.5, 0.6) is 0 Å². The van der Waals surface area contributed by atoms with Gasteiger partial charge in [-0.1, -0.05) is 18.2 Å². The molecule has 0 fully saturated rings. The Morgan fingerprint density at radius 1 is 0.964 bits per heavy atom. The van der Waals surface area contributed by atoms with Crippen LogP contribution in [-0.2, 0) is 0 Å². The van der Waals surface area contributed by atoms with Crippen LogP contribution in [0.3, 0.4) is 0 Å². The van der Waals surface area contributed by atoms with Gasteiger partial charge >= 0.3 is 0 Å². The number of amides is 2. The third-order valence-electron chi connectivity index (χ3n) is 4.15. The normalized spacial score (nSPS) is 10.4. The molecule has 1 heterocycles. The van der Waals surface area contributed by atoms with Crippen molar-refractivity contribution in [3.63, 3.8) is 0 Å². The van der Waals surface area contributed by atoms with Crippen molar-refractivity contribution in [2.45, 2.75) is 13.8 Å². The number of carbonyl (C=O) groups is 2. The van der Waals surface area contributed by atoms with Crippen molar-refractivity contribution in [1.29, 1.82) is 0 Å². The summed E-state index contributed by atoms with van der Waals surface area (Å²) in [6, 6.07) is 14.4. The van der Waals surface area contributed by atoms with Crippen LogP contribution in [0.4, 0.5) is 5.69 Å². The summed E-state index contributed by atoms with van der Waals surface area (Å²) in [5.41, 5.74) is 7.03. The van der Waals surface area contributed by atoms with Gasteiger partial charge in [-0.05, 0) is 38.1 Å². The predicted molar refractivity (Wildman–Crippen MR) is 101 cm³/mol. The minimum atomic E-state index is -0.589. The predicted octanol–water partition coefficient (Wildman–Crippen LogP) is 2.47. The minimum absolute atomic E-state index is 0.125. The molecular formula is C19H17N5O4. The van der Waals surface area contributed by atoms with Gasteiger partial charge < -0.3 is 0 Å². The molecule has 3 rings (SSSR count). The van der Waals surface area contributed by atoms with Crippen molar-refractivity contribution in [1.82, 2.24) is 20.6 Å². The lowest BCUT2D eigenvalue weighted by atomic mass is 10.2. The van der Waals surface area contributed by atoms with Crippen LogP contribution in [0.1, 0.15) is 32.1 Å². The molecule has 9 heteroatoms. The van der Waals surface area contributed by atoms with Gasteiger partial charge in [0, 0.05) is 17.7 Å². The highest BCUT2D eigenvalue weighted by molar-refractivity contribution is 6.00. The molecule has 3 aromatic rings. The molecule has 9 nitrogen and oxygen atoms in total. The summed E-state index contributed by atoms with van der Waals surface area (Å²) >= 11 is 0. The summed E-state index contributed by atoms with van der Waals surface area (Å²) in [6.07, 6.45) is 0. The molecule has 142 valence electrons. The molecule has 0 radical (unpaired) electrons. The number of nitrogens with one attached hydrogen (secondary N) is 2. The number of nitro groups is 1. The number of para-hydroxylation sites is 1. The van der Waals surface area contributed by atoms with Crippen LogP contribution in [0.25, 0.3) is 5.69 Å². The van der Waals surface area contributed by atoms with Crippen molar-refractivity contribution in [2.24, 2.45) is 0 Å². The maximum atomic E-state index is 12.5. The lowest BCUT2D eigenvalue weighted by Crippen LogP contribution is -2.42. The van der Waals surface area contributed by atoms with Crippen molar-refractivity contribution < 1.29 is 14.5 Å². The Morgan fingerprint density at radius 2 is 1.57 bits per heavy atom. The third kappa shape index (κ3) is 3.73. The standard InChI is InChI=1S/C19H17N5O4/c1-12-17(13(2)23(22-12)15-6-4-3-5-7-15)19(26)21-20-18(25)14-8-10-16(11-9-14)24(27)28/h3-11H,1-2H3,(H,20,25)(H,21,26). The van der Waals surface area contributed by atoms with Crippen molar-refractivity contribution >= 4 is 17.5 Å². The highest BCUT2D eigenvalue weighted by atomic mass is 16.6. The first-order valence-corrected chi connectivity index (χ1v) is 8.35. The van der Waals surface area contributed by atoms with Crippen molar-refractivity contribution in [3.05, 3.63) is 87.2 Å². The Hall–Kier alpha value is -4.01. The smallest absolute Gasteiger partial charge is 0.267 e. The Labute approximate surface area is 160 Å². The number of nitrogens with zero attached hydrogens (tertiary/aromatic N) is 3. The molecule has 0 spiro atoms. The van der Waals surface area contributed by atoms with E-state index in [0.29, 0.717) is 17.0 Å². The average molecular weight is 379 g/mol. The van der Waals surface area contributed by atoms with E-state index in [9.17, 15) is 19.7 Å². The molecule has 0 aliphatic carbocycles. The fraction of sp³-hybridized carbons (Fsp3) is 0.105. The molecule has 0 aliphatic heterocycles. The van der Waals surface area contributed by atoms with E-state index < -0.39 is 16.7 Å². The molecule has 0 unspecified atom stereocenters. The van der Waals surface area contributed by atoms with Gasteiger partial charge in [-0.25, -0.2) is 4.68 Å². The van der Waals surface area contributed by atoms with Crippen molar-refractivity contribution in [3.8, 4) is 5.69 Å². The number of benzene rings is 2. The number of aromatic nitrogens is 2. The topological polar surface area (TPSA) is 119 Å². The van der Waals surface area contributed by atoms with E-state index >= 15 is 0 Å². The second-order valence-electron chi connectivity index (χ2n) is 6.01. The van der Waals surface area contributed by atoms with Gasteiger partial charge in [0.1, 0.15) is 0 Å². The summed E-state index contributed by atoms with van der Waals surface area (Å²) in [4.78, 5) is 34.8. The molecule has 28 heavy (non-hydrogen) atoms. The van der Waals surface area contributed by atoms with E-state index in [0.717, 1.165) is 5.69 Å². The second kappa shape index (κ2) is 7.70. The monoisotopic (exact) mass is 379 g/mol. The average Bonchev–Trinajstić information content (AvgIpc) is 3.00. The fourth-order valence-electron chi connectivity index (χ4n) is 2.77. The van der Waals surface area contributed by atoms with E-state index in [4.69, 9.17) is 0 Å². The van der Waals surface area contributed by atoms with Gasteiger partial charge in [0.25, 0.3) is 17.5 Å². The fourth-order valence-corrected chi connectivity index (χ4v) is 2.77. The number of hydrogen-bond donors (Lipinski definition) is 2. The van der Waals surface area contributed by atoms with Crippen LogP contribution < -0.4 is 10.9 Å². The second-order valence-corrected chi connectivity index (χ2v) is 6.01.